The van der Waals surface area contributed by atoms with Gasteiger partial charge in [-0.05, 0) is 56.1 Å². The van der Waals surface area contributed by atoms with Gasteiger partial charge in [-0.25, -0.2) is 0 Å². The lowest BCUT2D eigenvalue weighted by Gasteiger charge is -2.16. The minimum atomic E-state index is 0.240. The summed E-state index contributed by atoms with van der Waals surface area (Å²) in [5.41, 5.74) is 6.90. The van der Waals surface area contributed by atoms with Crippen molar-refractivity contribution in [1.82, 2.24) is 5.32 Å². The first-order valence-electron chi connectivity index (χ1n) is 4.57. The summed E-state index contributed by atoms with van der Waals surface area (Å²) < 4.78 is 2.12. The molecule has 1 aromatic rings. The second-order valence-electron chi connectivity index (χ2n) is 3.02. The summed E-state index contributed by atoms with van der Waals surface area (Å²) in [4.78, 5) is 0. The van der Waals surface area contributed by atoms with Gasteiger partial charge in [-0.1, -0.05) is 13.0 Å². The van der Waals surface area contributed by atoms with Crippen molar-refractivity contribution in [2.45, 2.75) is 13.0 Å². The summed E-state index contributed by atoms with van der Waals surface area (Å²) in [6, 6.07) is 6.43. The van der Waals surface area contributed by atoms with E-state index >= 15 is 0 Å². The second-order valence-corrected chi connectivity index (χ2v) is 4.73. The van der Waals surface area contributed by atoms with E-state index in [9.17, 15) is 0 Å². The standard InChI is InChI=1S/C10H14Br2N2/c1-2-14-10(6-13)7-3-4-8(11)9(12)5-7/h3-5,10,14H,2,6,13H2,1H3. The zero-order chi connectivity index (χ0) is 10.6. The van der Waals surface area contributed by atoms with Gasteiger partial charge in [0.2, 0.25) is 0 Å². The minimum absolute atomic E-state index is 0.240. The highest BCUT2D eigenvalue weighted by Crippen LogP contribution is 2.26. The fourth-order valence-electron chi connectivity index (χ4n) is 1.31. The molecule has 0 fully saturated rings. The number of nitrogens with two attached hydrogens (primary N) is 1. The molecule has 1 atom stereocenters. The van der Waals surface area contributed by atoms with Gasteiger partial charge in [0.05, 0.1) is 0 Å². The zero-order valence-electron chi connectivity index (χ0n) is 8.06. The molecule has 0 heterocycles. The first kappa shape index (κ1) is 12.2. The van der Waals surface area contributed by atoms with Crippen molar-refractivity contribution in [3.63, 3.8) is 0 Å². The van der Waals surface area contributed by atoms with E-state index in [4.69, 9.17) is 5.73 Å². The minimum Gasteiger partial charge on any atom is -0.329 e. The molecule has 4 heteroatoms. The van der Waals surface area contributed by atoms with E-state index in [0.717, 1.165) is 15.5 Å². The Bertz CT molecular complexity index is 302. The molecule has 0 aromatic heterocycles. The summed E-state index contributed by atoms with van der Waals surface area (Å²) in [6.45, 7) is 3.62. The van der Waals surface area contributed by atoms with Crippen LogP contribution in [0.5, 0.6) is 0 Å². The summed E-state index contributed by atoms with van der Waals surface area (Å²) >= 11 is 6.92. The Morgan fingerprint density at radius 3 is 2.57 bits per heavy atom. The predicted molar refractivity (Wildman–Crippen MR) is 67.3 cm³/mol. The summed E-state index contributed by atoms with van der Waals surface area (Å²) in [6.07, 6.45) is 0. The lowest BCUT2D eigenvalue weighted by atomic mass is 10.1. The average molecular weight is 322 g/mol. The number of rotatable bonds is 4. The molecule has 0 aliphatic carbocycles. The fraction of sp³-hybridized carbons (Fsp3) is 0.400. The van der Waals surface area contributed by atoms with Crippen LogP contribution in [0.1, 0.15) is 18.5 Å². The van der Waals surface area contributed by atoms with E-state index < -0.39 is 0 Å². The summed E-state index contributed by atoms with van der Waals surface area (Å²) in [7, 11) is 0. The van der Waals surface area contributed by atoms with Crippen LogP contribution in [0, 0.1) is 0 Å². The van der Waals surface area contributed by atoms with E-state index in [2.05, 4.69) is 56.2 Å². The SMILES string of the molecule is CCNC(CN)c1ccc(Br)c(Br)c1. The van der Waals surface area contributed by atoms with Crippen LogP contribution in [0.15, 0.2) is 27.1 Å². The van der Waals surface area contributed by atoms with Crippen LogP contribution < -0.4 is 11.1 Å². The van der Waals surface area contributed by atoms with Gasteiger partial charge in [0.15, 0.2) is 0 Å². The molecule has 14 heavy (non-hydrogen) atoms. The molecule has 0 bridgehead atoms. The molecule has 0 amide bonds. The maximum absolute atomic E-state index is 5.69. The van der Waals surface area contributed by atoms with Crippen LogP contribution in [0.4, 0.5) is 0 Å². The number of hydrogen-bond acceptors (Lipinski definition) is 2. The molecule has 0 saturated carbocycles. The maximum atomic E-state index is 5.69. The molecule has 1 rings (SSSR count). The molecule has 1 unspecified atom stereocenters. The summed E-state index contributed by atoms with van der Waals surface area (Å²) in [5.74, 6) is 0. The number of nitrogens with one attached hydrogen (secondary N) is 1. The largest absolute Gasteiger partial charge is 0.329 e. The molecule has 0 saturated heterocycles. The number of likely N-dealkylation sites (N-methyl/N-ethyl adjacent to an activating group) is 1. The molecule has 78 valence electrons. The van der Waals surface area contributed by atoms with Crippen molar-refractivity contribution >= 4 is 31.9 Å². The van der Waals surface area contributed by atoms with Crippen molar-refractivity contribution in [3.8, 4) is 0 Å². The number of benzene rings is 1. The first-order chi connectivity index (χ1) is 6.69. The van der Waals surface area contributed by atoms with Crippen molar-refractivity contribution in [1.29, 1.82) is 0 Å². The third-order valence-corrected chi connectivity index (χ3v) is 3.91. The monoisotopic (exact) mass is 320 g/mol. The molecule has 0 aliphatic rings. The molecule has 0 radical (unpaired) electrons. The lowest BCUT2D eigenvalue weighted by Crippen LogP contribution is -2.27. The Balaban J connectivity index is 2.88. The normalized spacial score (nSPS) is 12.9. The van der Waals surface area contributed by atoms with Crippen LogP contribution in [0.25, 0.3) is 0 Å². The Kier molecular flexibility index (Phi) is 5.09. The Morgan fingerprint density at radius 2 is 2.07 bits per heavy atom. The van der Waals surface area contributed by atoms with Crippen molar-refractivity contribution in [3.05, 3.63) is 32.7 Å². The van der Waals surface area contributed by atoms with E-state index in [1.807, 2.05) is 6.07 Å². The van der Waals surface area contributed by atoms with Crippen molar-refractivity contribution < 1.29 is 0 Å². The van der Waals surface area contributed by atoms with Gasteiger partial charge >= 0.3 is 0 Å². The lowest BCUT2D eigenvalue weighted by molar-refractivity contribution is 0.561. The van der Waals surface area contributed by atoms with Gasteiger partial charge in [-0.3, -0.25) is 0 Å². The van der Waals surface area contributed by atoms with Gasteiger partial charge in [-0.15, -0.1) is 0 Å². The first-order valence-corrected chi connectivity index (χ1v) is 6.16. The molecule has 0 aliphatic heterocycles. The highest BCUT2D eigenvalue weighted by Gasteiger charge is 2.08. The van der Waals surface area contributed by atoms with E-state index in [-0.39, 0.29) is 6.04 Å². The maximum Gasteiger partial charge on any atom is 0.0444 e. The quantitative estimate of drug-likeness (QED) is 0.895. The number of hydrogen-bond donors (Lipinski definition) is 2. The predicted octanol–water partition coefficient (Wildman–Crippen LogP) is 2.82. The molecule has 1 aromatic carbocycles. The van der Waals surface area contributed by atoms with Crippen LogP contribution in [-0.4, -0.2) is 13.1 Å². The third kappa shape index (κ3) is 3.05. The van der Waals surface area contributed by atoms with Gasteiger partial charge in [0.1, 0.15) is 0 Å². The van der Waals surface area contributed by atoms with Crippen LogP contribution in [-0.2, 0) is 0 Å². The third-order valence-electron chi connectivity index (χ3n) is 2.03. The molecule has 0 spiro atoms. The van der Waals surface area contributed by atoms with Crippen LogP contribution in [0.3, 0.4) is 0 Å². The van der Waals surface area contributed by atoms with Crippen LogP contribution >= 0.6 is 31.9 Å². The second kappa shape index (κ2) is 5.85. The van der Waals surface area contributed by atoms with Crippen molar-refractivity contribution in [2.24, 2.45) is 5.73 Å². The van der Waals surface area contributed by atoms with Gasteiger partial charge < -0.3 is 11.1 Å². The van der Waals surface area contributed by atoms with E-state index in [1.54, 1.807) is 0 Å². The highest BCUT2D eigenvalue weighted by atomic mass is 79.9. The van der Waals surface area contributed by atoms with E-state index in [1.165, 1.54) is 5.56 Å². The Labute approximate surface area is 102 Å². The fourth-order valence-corrected chi connectivity index (χ4v) is 1.96. The highest BCUT2D eigenvalue weighted by molar-refractivity contribution is 9.13. The Hall–Kier alpha value is 0.1000. The van der Waals surface area contributed by atoms with Gasteiger partial charge in [0, 0.05) is 21.5 Å². The number of halogens is 2. The molecule has 2 nitrogen and oxygen atoms in total. The zero-order valence-corrected chi connectivity index (χ0v) is 11.2. The Morgan fingerprint density at radius 1 is 1.36 bits per heavy atom. The van der Waals surface area contributed by atoms with Crippen molar-refractivity contribution in [2.75, 3.05) is 13.1 Å². The van der Waals surface area contributed by atoms with Gasteiger partial charge in [0.25, 0.3) is 0 Å². The van der Waals surface area contributed by atoms with Gasteiger partial charge in [-0.2, -0.15) is 0 Å². The average Bonchev–Trinajstić information content (AvgIpc) is 2.19. The topological polar surface area (TPSA) is 38.0 Å². The van der Waals surface area contributed by atoms with Crippen LogP contribution in [0.2, 0.25) is 0 Å². The van der Waals surface area contributed by atoms with E-state index in [0.29, 0.717) is 6.54 Å². The molecular weight excluding hydrogens is 308 g/mol. The smallest absolute Gasteiger partial charge is 0.0444 e. The molecule has 3 N–H and O–H groups in total. The molecular formula is C10H14Br2N2. The summed E-state index contributed by atoms with van der Waals surface area (Å²) in [5, 5.41) is 3.33.